The van der Waals surface area contributed by atoms with E-state index in [1.54, 1.807) is 61.5 Å². The minimum absolute atomic E-state index is 0.00777. The molecule has 4 aromatic rings. The van der Waals surface area contributed by atoms with Crippen molar-refractivity contribution in [2.75, 3.05) is 5.32 Å². The molecule has 3 nitrogen and oxygen atoms in total. The molecule has 0 aliphatic heterocycles. The maximum absolute atomic E-state index is 14.1. The van der Waals surface area contributed by atoms with Crippen LogP contribution in [0.15, 0.2) is 54.6 Å². The van der Waals surface area contributed by atoms with E-state index in [1.165, 1.54) is 0 Å². The highest BCUT2D eigenvalue weighted by Crippen LogP contribution is 2.32. The topological polar surface area (TPSA) is 42.0 Å². The molecule has 0 aliphatic carbocycles. The van der Waals surface area contributed by atoms with E-state index in [0.717, 1.165) is 0 Å². The van der Waals surface area contributed by atoms with Gasteiger partial charge in [0.25, 0.3) is 5.91 Å². The number of benzene rings is 3. The lowest BCUT2D eigenvalue weighted by Crippen LogP contribution is -2.19. The van der Waals surface area contributed by atoms with Crippen molar-refractivity contribution in [3.8, 4) is 11.3 Å². The van der Waals surface area contributed by atoms with Crippen molar-refractivity contribution in [1.29, 1.82) is 0 Å². The average molecular weight is 428 g/mol. The molecule has 156 valence electrons. The fourth-order valence-corrected chi connectivity index (χ4v) is 3.37. The zero-order valence-electron chi connectivity index (χ0n) is 15.9. The van der Waals surface area contributed by atoms with Crippen LogP contribution in [-0.4, -0.2) is 10.9 Å². The first kappa shape index (κ1) is 20.5. The predicted molar refractivity (Wildman–Crippen MR) is 106 cm³/mol. The van der Waals surface area contributed by atoms with Gasteiger partial charge in [0.15, 0.2) is 23.3 Å². The second kappa shape index (κ2) is 7.79. The molecule has 1 amide bonds. The first-order valence-corrected chi connectivity index (χ1v) is 9.08. The van der Waals surface area contributed by atoms with E-state index >= 15 is 0 Å². The number of rotatable bonds is 3. The van der Waals surface area contributed by atoms with Crippen LogP contribution in [0.25, 0.3) is 22.2 Å². The number of hydrogen-bond donors (Lipinski definition) is 1. The highest BCUT2D eigenvalue weighted by molar-refractivity contribution is 6.14. The van der Waals surface area contributed by atoms with Crippen molar-refractivity contribution < 1.29 is 26.7 Å². The number of nitrogens with one attached hydrogen (secondary N) is 1. The van der Waals surface area contributed by atoms with E-state index in [0.29, 0.717) is 27.7 Å². The van der Waals surface area contributed by atoms with E-state index in [9.17, 15) is 26.7 Å². The molecule has 0 saturated heterocycles. The van der Waals surface area contributed by atoms with Crippen LogP contribution in [0.5, 0.6) is 0 Å². The quantitative estimate of drug-likeness (QED) is 0.241. The third-order valence-corrected chi connectivity index (χ3v) is 4.86. The average Bonchev–Trinajstić information content (AvgIpc) is 2.79. The molecule has 1 aromatic heterocycles. The van der Waals surface area contributed by atoms with E-state index in [1.807, 2.05) is 5.32 Å². The molecule has 0 atom stereocenters. The van der Waals surface area contributed by atoms with Crippen LogP contribution in [0.3, 0.4) is 0 Å². The van der Waals surface area contributed by atoms with E-state index in [4.69, 9.17) is 0 Å². The van der Waals surface area contributed by atoms with Gasteiger partial charge in [0.1, 0.15) is 5.69 Å². The molecule has 0 unspecified atom stereocenters. The maximum Gasteiger partial charge on any atom is 0.256 e. The number of carbonyl (C=O) groups excluding carboxylic acids is 1. The van der Waals surface area contributed by atoms with Crippen molar-refractivity contribution in [3.63, 3.8) is 0 Å². The van der Waals surface area contributed by atoms with E-state index in [2.05, 4.69) is 4.98 Å². The summed E-state index contributed by atoms with van der Waals surface area (Å²) in [5, 5.41) is 2.21. The molecule has 0 aliphatic rings. The highest BCUT2D eigenvalue weighted by Gasteiger charge is 2.28. The number of para-hydroxylation sites is 1. The second-order valence-corrected chi connectivity index (χ2v) is 6.74. The Kier molecular flexibility index (Phi) is 5.14. The molecule has 0 fully saturated rings. The molecule has 0 bridgehead atoms. The summed E-state index contributed by atoms with van der Waals surface area (Å²) >= 11 is 0. The number of anilines is 1. The van der Waals surface area contributed by atoms with Gasteiger partial charge in [0.05, 0.1) is 16.8 Å². The number of carbonyl (C=O) groups is 1. The Balaban J connectivity index is 1.91. The molecule has 31 heavy (non-hydrogen) atoms. The van der Waals surface area contributed by atoms with Gasteiger partial charge in [-0.25, -0.2) is 26.9 Å². The summed E-state index contributed by atoms with van der Waals surface area (Å²) in [7, 11) is 0. The molecule has 0 radical (unpaired) electrons. The minimum Gasteiger partial charge on any atom is -0.317 e. The number of hydrogen-bond acceptors (Lipinski definition) is 2. The zero-order chi connectivity index (χ0) is 22.3. The molecule has 1 N–H and O–H groups in total. The van der Waals surface area contributed by atoms with Crippen LogP contribution >= 0.6 is 0 Å². The minimum atomic E-state index is -2.30. The third kappa shape index (κ3) is 3.39. The number of pyridine rings is 1. The van der Waals surface area contributed by atoms with Gasteiger partial charge in [0.2, 0.25) is 5.82 Å². The summed E-state index contributed by atoms with van der Waals surface area (Å²) < 4.78 is 68.6. The normalized spacial score (nSPS) is 11.0. The van der Waals surface area contributed by atoms with Gasteiger partial charge in [0, 0.05) is 10.9 Å². The zero-order valence-corrected chi connectivity index (χ0v) is 15.9. The number of aromatic nitrogens is 1. The number of nitrogens with zero attached hydrogens (tertiary/aromatic N) is 1. The van der Waals surface area contributed by atoms with E-state index < -0.39 is 40.7 Å². The van der Waals surface area contributed by atoms with Crippen molar-refractivity contribution in [3.05, 3.63) is 94.8 Å². The van der Waals surface area contributed by atoms with Crippen LogP contribution in [0.1, 0.15) is 15.9 Å². The van der Waals surface area contributed by atoms with E-state index in [-0.39, 0.29) is 5.56 Å². The first-order valence-electron chi connectivity index (χ1n) is 9.08. The molecule has 0 saturated carbocycles. The molecule has 3 aromatic carbocycles. The Morgan fingerprint density at radius 3 is 1.97 bits per heavy atom. The standard InChI is InChI=1S/C23H13F5N2O/c1-11-15(23(31)30-22-19(27)17(25)16(24)18(26)20(22)28)13-9-5-6-10-14(13)29-21(11)12-7-3-2-4-8-12/h2-10H,1H3,(H,30,31). The fraction of sp³-hybridized carbons (Fsp3) is 0.0435. The Labute approximate surface area is 173 Å². The Morgan fingerprint density at radius 2 is 1.32 bits per heavy atom. The van der Waals surface area contributed by atoms with Crippen LogP contribution in [-0.2, 0) is 0 Å². The Morgan fingerprint density at radius 1 is 0.774 bits per heavy atom. The summed E-state index contributed by atoms with van der Waals surface area (Å²) in [6.45, 7) is 1.59. The largest absolute Gasteiger partial charge is 0.317 e. The number of fused-ring (bicyclic) bond motifs is 1. The molecular weight excluding hydrogens is 415 g/mol. The Hall–Kier alpha value is -3.81. The van der Waals surface area contributed by atoms with Gasteiger partial charge in [-0.15, -0.1) is 0 Å². The second-order valence-electron chi connectivity index (χ2n) is 6.74. The van der Waals surface area contributed by atoms with Crippen LogP contribution < -0.4 is 5.32 Å². The third-order valence-electron chi connectivity index (χ3n) is 4.86. The molecular formula is C23H13F5N2O. The van der Waals surface area contributed by atoms with Crippen molar-refractivity contribution in [2.45, 2.75) is 6.92 Å². The monoisotopic (exact) mass is 428 g/mol. The smallest absolute Gasteiger partial charge is 0.256 e. The van der Waals surface area contributed by atoms with Crippen LogP contribution in [0.4, 0.5) is 27.6 Å². The van der Waals surface area contributed by atoms with Gasteiger partial charge >= 0.3 is 0 Å². The SMILES string of the molecule is Cc1c(-c2ccccc2)nc2ccccc2c1C(=O)Nc1c(F)c(F)c(F)c(F)c1F. The van der Waals surface area contributed by atoms with Crippen molar-refractivity contribution in [1.82, 2.24) is 4.98 Å². The van der Waals surface area contributed by atoms with Gasteiger partial charge in [-0.1, -0.05) is 48.5 Å². The highest BCUT2D eigenvalue weighted by atomic mass is 19.2. The fourth-order valence-electron chi connectivity index (χ4n) is 3.37. The summed E-state index contributed by atoms with van der Waals surface area (Å²) in [4.78, 5) is 17.6. The molecule has 1 heterocycles. The predicted octanol–water partition coefficient (Wildman–Crippen LogP) is 6.16. The molecule has 0 spiro atoms. The van der Waals surface area contributed by atoms with Gasteiger partial charge < -0.3 is 5.32 Å². The van der Waals surface area contributed by atoms with Gasteiger partial charge in [-0.2, -0.15) is 0 Å². The summed E-state index contributed by atoms with van der Waals surface area (Å²) in [5.74, 6) is -11.9. The van der Waals surface area contributed by atoms with Crippen LogP contribution in [0, 0.1) is 36.0 Å². The summed E-state index contributed by atoms with van der Waals surface area (Å²) in [5.41, 5.74) is 0.537. The summed E-state index contributed by atoms with van der Waals surface area (Å²) in [6, 6.07) is 15.5. The summed E-state index contributed by atoms with van der Waals surface area (Å²) in [6.07, 6.45) is 0. The van der Waals surface area contributed by atoms with Gasteiger partial charge in [-0.3, -0.25) is 4.79 Å². The number of amides is 1. The maximum atomic E-state index is 14.1. The molecule has 8 heteroatoms. The van der Waals surface area contributed by atoms with Gasteiger partial charge in [-0.05, 0) is 18.6 Å². The van der Waals surface area contributed by atoms with Crippen molar-refractivity contribution >= 4 is 22.5 Å². The first-order chi connectivity index (χ1) is 14.8. The number of halogens is 5. The molecule has 4 rings (SSSR count). The lowest BCUT2D eigenvalue weighted by atomic mass is 9.97. The van der Waals surface area contributed by atoms with Crippen LogP contribution in [0.2, 0.25) is 0 Å². The van der Waals surface area contributed by atoms with Crippen molar-refractivity contribution in [2.24, 2.45) is 0 Å². The lowest BCUT2D eigenvalue weighted by Gasteiger charge is -2.16. The Bertz CT molecular complexity index is 1310. The lowest BCUT2D eigenvalue weighted by molar-refractivity contribution is 0.102.